The van der Waals surface area contributed by atoms with Crippen molar-refractivity contribution in [2.24, 2.45) is 0 Å². The number of fused-ring (bicyclic) bond motifs is 1. The second-order valence-electron chi connectivity index (χ2n) is 6.89. The fourth-order valence-electron chi connectivity index (χ4n) is 2.83. The first-order valence-corrected chi connectivity index (χ1v) is 10.8. The molecule has 0 spiro atoms. The highest BCUT2D eigenvalue weighted by atomic mass is 79.9. The molecule has 0 saturated carbocycles. The standard InChI is InChI=1S/C22H26BrN3O3/c1-3-5-13-26(14-6-4-2)29-28-19-10-7-17(8-11-19)22(27)20-16-25-15-18(23)9-12-21(25)24-20/h7-12,15-16H,3-6,13-14H2,1-2H3. The van der Waals surface area contributed by atoms with Gasteiger partial charge in [-0.1, -0.05) is 31.7 Å². The van der Waals surface area contributed by atoms with Crippen LogP contribution in [0.1, 0.15) is 55.6 Å². The predicted octanol–water partition coefficient (Wildman–Crippen LogP) is 5.46. The summed E-state index contributed by atoms with van der Waals surface area (Å²) >= 11 is 3.42. The van der Waals surface area contributed by atoms with Crippen molar-refractivity contribution in [1.29, 1.82) is 0 Å². The average molecular weight is 460 g/mol. The zero-order valence-electron chi connectivity index (χ0n) is 16.8. The number of carbonyl (C=O) groups is 1. The van der Waals surface area contributed by atoms with E-state index in [1.54, 1.807) is 30.5 Å². The quantitative estimate of drug-likeness (QED) is 0.216. The summed E-state index contributed by atoms with van der Waals surface area (Å²) in [5.41, 5.74) is 1.68. The molecule has 7 heteroatoms. The number of nitrogens with zero attached hydrogens (tertiary/aromatic N) is 3. The number of carbonyl (C=O) groups excluding carboxylic acids is 1. The molecule has 3 rings (SSSR count). The van der Waals surface area contributed by atoms with E-state index in [0.29, 0.717) is 17.0 Å². The van der Waals surface area contributed by atoms with Crippen molar-refractivity contribution >= 4 is 27.4 Å². The van der Waals surface area contributed by atoms with Crippen molar-refractivity contribution in [3.05, 3.63) is 64.5 Å². The van der Waals surface area contributed by atoms with Gasteiger partial charge in [0.15, 0.2) is 5.75 Å². The van der Waals surface area contributed by atoms with Crippen LogP contribution in [0.25, 0.3) is 5.65 Å². The summed E-state index contributed by atoms with van der Waals surface area (Å²) in [6, 6.07) is 10.7. The predicted molar refractivity (Wildman–Crippen MR) is 116 cm³/mol. The van der Waals surface area contributed by atoms with Crippen LogP contribution in [0, 0.1) is 0 Å². The third kappa shape index (κ3) is 5.88. The number of benzene rings is 1. The van der Waals surface area contributed by atoms with Crippen molar-refractivity contribution in [2.75, 3.05) is 13.1 Å². The minimum Gasteiger partial charge on any atom is -0.319 e. The van der Waals surface area contributed by atoms with Crippen LogP contribution in [0.3, 0.4) is 0 Å². The lowest BCUT2D eigenvalue weighted by molar-refractivity contribution is -0.368. The number of pyridine rings is 1. The van der Waals surface area contributed by atoms with E-state index in [9.17, 15) is 4.79 Å². The third-order valence-electron chi connectivity index (χ3n) is 4.53. The second kappa shape index (κ2) is 10.5. The SMILES string of the molecule is CCCCN(CCCC)OOc1ccc(C(=O)c2cn3cc(Br)ccc3n2)cc1. The molecule has 3 aromatic rings. The Balaban J connectivity index is 1.63. The summed E-state index contributed by atoms with van der Waals surface area (Å²) in [6.07, 6.45) is 7.91. The molecule has 0 radical (unpaired) electrons. The van der Waals surface area contributed by atoms with Crippen molar-refractivity contribution in [3.63, 3.8) is 0 Å². The van der Waals surface area contributed by atoms with Crippen LogP contribution in [-0.4, -0.2) is 33.3 Å². The van der Waals surface area contributed by atoms with Gasteiger partial charge < -0.3 is 9.29 Å². The van der Waals surface area contributed by atoms with Crippen molar-refractivity contribution in [3.8, 4) is 5.75 Å². The van der Waals surface area contributed by atoms with Gasteiger partial charge in [-0.2, -0.15) is 0 Å². The number of hydrogen-bond donors (Lipinski definition) is 0. The van der Waals surface area contributed by atoms with Crippen molar-refractivity contribution in [1.82, 2.24) is 14.4 Å². The Labute approximate surface area is 179 Å². The van der Waals surface area contributed by atoms with E-state index in [0.717, 1.165) is 48.9 Å². The molecule has 0 amide bonds. The summed E-state index contributed by atoms with van der Waals surface area (Å²) in [7, 11) is 0. The maximum Gasteiger partial charge on any atom is 0.212 e. The van der Waals surface area contributed by atoms with E-state index >= 15 is 0 Å². The molecule has 29 heavy (non-hydrogen) atoms. The van der Waals surface area contributed by atoms with Gasteiger partial charge in [-0.3, -0.25) is 4.79 Å². The molecular weight excluding hydrogens is 434 g/mol. The van der Waals surface area contributed by atoms with E-state index < -0.39 is 0 Å². The minimum atomic E-state index is -0.134. The molecule has 0 fully saturated rings. The Morgan fingerprint density at radius 1 is 1.03 bits per heavy atom. The highest BCUT2D eigenvalue weighted by Gasteiger charge is 2.14. The third-order valence-corrected chi connectivity index (χ3v) is 4.99. The molecule has 0 bridgehead atoms. The first-order chi connectivity index (χ1) is 14.1. The Kier molecular flexibility index (Phi) is 7.80. The molecule has 1 aromatic carbocycles. The van der Waals surface area contributed by atoms with Crippen molar-refractivity contribution in [2.45, 2.75) is 39.5 Å². The molecule has 0 aliphatic carbocycles. The molecule has 6 nitrogen and oxygen atoms in total. The molecular formula is C22H26BrN3O3. The molecule has 2 heterocycles. The lowest BCUT2D eigenvalue weighted by atomic mass is 10.1. The van der Waals surface area contributed by atoms with Crippen LogP contribution in [-0.2, 0) is 4.99 Å². The molecule has 2 aromatic heterocycles. The summed E-state index contributed by atoms with van der Waals surface area (Å²) < 4.78 is 2.75. The number of aromatic nitrogens is 2. The number of hydrogen-bond acceptors (Lipinski definition) is 5. The number of unbranched alkanes of at least 4 members (excludes halogenated alkanes) is 2. The maximum atomic E-state index is 12.7. The zero-order valence-corrected chi connectivity index (χ0v) is 18.4. The molecule has 0 N–H and O–H groups in total. The Morgan fingerprint density at radius 2 is 1.72 bits per heavy atom. The van der Waals surface area contributed by atoms with Gasteiger partial charge in [0.1, 0.15) is 11.3 Å². The van der Waals surface area contributed by atoms with Gasteiger partial charge in [-0.05, 0) is 65.2 Å². The van der Waals surface area contributed by atoms with E-state index in [1.165, 1.54) is 0 Å². The minimum absolute atomic E-state index is 0.134. The first-order valence-electron chi connectivity index (χ1n) is 9.99. The number of ketones is 1. The lowest BCUT2D eigenvalue weighted by Gasteiger charge is -2.19. The Morgan fingerprint density at radius 3 is 2.38 bits per heavy atom. The highest BCUT2D eigenvalue weighted by Crippen LogP contribution is 2.18. The first kappa shape index (κ1) is 21.5. The van der Waals surface area contributed by atoms with Gasteiger partial charge in [0.2, 0.25) is 5.78 Å². The fourth-order valence-corrected chi connectivity index (χ4v) is 3.19. The van der Waals surface area contributed by atoms with Crippen LogP contribution in [0.15, 0.2) is 53.3 Å². The average Bonchev–Trinajstić information content (AvgIpc) is 3.16. The van der Waals surface area contributed by atoms with Crippen LogP contribution in [0.2, 0.25) is 0 Å². The van der Waals surface area contributed by atoms with Gasteiger partial charge >= 0.3 is 0 Å². The Bertz CT molecular complexity index is 932. The topological polar surface area (TPSA) is 56.1 Å². The number of hydroxylamine groups is 2. The molecule has 0 aliphatic rings. The van der Waals surface area contributed by atoms with E-state index in [-0.39, 0.29) is 5.78 Å². The fraction of sp³-hybridized carbons (Fsp3) is 0.364. The van der Waals surface area contributed by atoms with E-state index in [1.807, 2.05) is 27.8 Å². The molecule has 154 valence electrons. The van der Waals surface area contributed by atoms with E-state index in [4.69, 9.17) is 9.88 Å². The maximum absolute atomic E-state index is 12.7. The zero-order chi connectivity index (χ0) is 20.6. The number of halogens is 1. The van der Waals surface area contributed by atoms with Crippen LogP contribution >= 0.6 is 15.9 Å². The second-order valence-corrected chi connectivity index (χ2v) is 7.80. The molecule has 0 aliphatic heterocycles. The van der Waals surface area contributed by atoms with E-state index in [2.05, 4.69) is 34.8 Å². The smallest absolute Gasteiger partial charge is 0.212 e. The van der Waals surface area contributed by atoms with Crippen LogP contribution < -0.4 is 4.89 Å². The molecule has 0 unspecified atom stereocenters. The van der Waals surface area contributed by atoms with Gasteiger partial charge in [-0.25, -0.2) is 4.98 Å². The monoisotopic (exact) mass is 459 g/mol. The normalized spacial score (nSPS) is 11.3. The van der Waals surface area contributed by atoms with Crippen LogP contribution in [0.5, 0.6) is 5.75 Å². The van der Waals surface area contributed by atoms with Gasteiger partial charge in [0.25, 0.3) is 0 Å². The highest BCUT2D eigenvalue weighted by molar-refractivity contribution is 9.10. The van der Waals surface area contributed by atoms with Crippen molar-refractivity contribution < 1.29 is 14.7 Å². The molecule has 0 atom stereocenters. The van der Waals surface area contributed by atoms with Gasteiger partial charge in [0.05, 0.1) is 0 Å². The summed E-state index contributed by atoms with van der Waals surface area (Å²) in [5.74, 6) is 0.420. The molecule has 0 saturated heterocycles. The lowest BCUT2D eigenvalue weighted by Crippen LogP contribution is -2.28. The number of rotatable bonds is 11. The Hall–Kier alpha value is -2.22. The number of imidazole rings is 1. The van der Waals surface area contributed by atoms with Gasteiger partial charge in [-0.15, -0.1) is 5.06 Å². The van der Waals surface area contributed by atoms with Crippen LogP contribution in [0.4, 0.5) is 0 Å². The summed E-state index contributed by atoms with van der Waals surface area (Å²) in [4.78, 5) is 28.1. The summed E-state index contributed by atoms with van der Waals surface area (Å²) in [5, 5.41) is 1.85. The largest absolute Gasteiger partial charge is 0.319 e. The van der Waals surface area contributed by atoms with Gasteiger partial charge in [0, 0.05) is 35.5 Å². The summed E-state index contributed by atoms with van der Waals surface area (Å²) in [6.45, 7) is 5.96.